The monoisotopic (exact) mass is 569 g/mol. The number of hydrogen-bond acceptors (Lipinski definition) is 10. The average Bonchev–Trinajstić information content (AvgIpc) is 3.48. The number of aromatic amines is 1. The highest BCUT2D eigenvalue weighted by Crippen LogP contribution is 2.38. The van der Waals surface area contributed by atoms with Crippen molar-refractivity contribution in [2.75, 3.05) is 16.0 Å². The van der Waals surface area contributed by atoms with Crippen LogP contribution < -0.4 is 20.7 Å². The molecule has 186 valence electrons. The van der Waals surface area contributed by atoms with Gasteiger partial charge in [0.2, 0.25) is 22.8 Å². The number of nitrogens with zero attached hydrogens (tertiary/aromatic N) is 3. The van der Waals surface area contributed by atoms with Gasteiger partial charge in [-0.15, -0.1) is 16.4 Å². The van der Waals surface area contributed by atoms with Crippen molar-refractivity contribution >= 4 is 90.7 Å². The number of carbonyl (C=O) groups excluding carboxylic acids is 2. The second-order valence-corrected chi connectivity index (χ2v) is 10.4. The topological polar surface area (TPSA) is 134 Å². The van der Waals surface area contributed by atoms with Gasteiger partial charge in [-0.25, -0.2) is 9.97 Å². The number of thiophene rings is 1. The summed E-state index contributed by atoms with van der Waals surface area (Å²) in [6, 6.07) is 13.3. The van der Waals surface area contributed by atoms with Crippen LogP contribution in [0.1, 0.15) is 6.42 Å². The number of aromatic nitrogens is 4. The van der Waals surface area contributed by atoms with Gasteiger partial charge in [0, 0.05) is 21.8 Å². The van der Waals surface area contributed by atoms with Crippen molar-refractivity contribution < 1.29 is 14.3 Å². The summed E-state index contributed by atoms with van der Waals surface area (Å²) >= 11 is 13.7. The van der Waals surface area contributed by atoms with Crippen molar-refractivity contribution in [1.82, 2.24) is 20.2 Å². The molecule has 2 aromatic carbocycles. The fourth-order valence-corrected chi connectivity index (χ4v) is 4.98. The number of rotatable bonds is 8. The minimum absolute atomic E-state index is 0.336. The van der Waals surface area contributed by atoms with E-state index in [1.165, 1.54) is 29.0 Å². The van der Waals surface area contributed by atoms with Crippen LogP contribution in [0.4, 0.5) is 22.2 Å². The summed E-state index contributed by atoms with van der Waals surface area (Å²) in [4.78, 5) is 33.8. The van der Waals surface area contributed by atoms with Gasteiger partial charge in [0.15, 0.2) is 3.95 Å². The molecular formula is C23H16ClN7O3S3. The number of fused-ring (bicyclic) bond motifs is 1. The maximum absolute atomic E-state index is 12.3. The number of carbonyl (C=O) groups is 2. The van der Waals surface area contributed by atoms with E-state index in [4.69, 9.17) is 28.6 Å². The van der Waals surface area contributed by atoms with Crippen LogP contribution in [-0.4, -0.2) is 32.0 Å². The first-order chi connectivity index (χ1) is 17.9. The Morgan fingerprint density at radius 3 is 2.32 bits per heavy atom. The Morgan fingerprint density at radius 2 is 1.68 bits per heavy atom. The van der Waals surface area contributed by atoms with E-state index in [0.29, 0.717) is 42.5 Å². The van der Waals surface area contributed by atoms with E-state index in [9.17, 15) is 9.59 Å². The van der Waals surface area contributed by atoms with Crippen molar-refractivity contribution in [2.24, 2.45) is 0 Å². The predicted molar refractivity (Wildman–Crippen MR) is 148 cm³/mol. The molecule has 0 fully saturated rings. The quantitative estimate of drug-likeness (QED) is 0.125. The maximum Gasteiger partial charge on any atom is 0.233 e. The van der Waals surface area contributed by atoms with Crippen LogP contribution in [0.5, 0.6) is 11.6 Å². The van der Waals surface area contributed by atoms with E-state index in [0.717, 1.165) is 10.5 Å². The molecule has 0 bridgehead atoms. The van der Waals surface area contributed by atoms with E-state index in [2.05, 4.69) is 36.1 Å². The summed E-state index contributed by atoms with van der Waals surface area (Å²) in [5.41, 5.74) is 1.82. The van der Waals surface area contributed by atoms with Crippen LogP contribution in [0.3, 0.4) is 0 Å². The fourth-order valence-electron chi connectivity index (χ4n) is 3.22. The van der Waals surface area contributed by atoms with Crippen molar-refractivity contribution in [1.29, 1.82) is 0 Å². The number of nitrogens with one attached hydrogen (secondary N) is 4. The number of amides is 2. The van der Waals surface area contributed by atoms with E-state index in [1.54, 1.807) is 48.5 Å². The number of ether oxygens (including phenoxy) is 1. The van der Waals surface area contributed by atoms with Crippen LogP contribution in [0.25, 0.3) is 10.2 Å². The van der Waals surface area contributed by atoms with E-state index < -0.39 is 11.8 Å². The Kier molecular flexibility index (Phi) is 7.37. The summed E-state index contributed by atoms with van der Waals surface area (Å²) in [6.07, 6.45) is 1.09. The normalized spacial score (nSPS) is 10.7. The van der Waals surface area contributed by atoms with E-state index in [1.807, 2.05) is 5.38 Å². The third-order valence-electron chi connectivity index (χ3n) is 4.82. The number of hydrogen-bond donors (Lipinski definition) is 4. The van der Waals surface area contributed by atoms with Crippen molar-refractivity contribution in [2.45, 2.75) is 6.42 Å². The van der Waals surface area contributed by atoms with Gasteiger partial charge in [-0.1, -0.05) is 22.9 Å². The highest BCUT2D eigenvalue weighted by molar-refractivity contribution is 7.73. The lowest BCUT2D eigenvalue weighted by Gasteiger charge is -2.09. The minimum atomic E-state index is -0.451. The first-order valence-corrected chi connectivity index (χ1v) is 13.1. The number of H-pyrrole nitrogens is 1. The zero-order valence-corrected chi connectivity index (χ0v) is 21.9. The molecule has 0 atom stereocenters. The molecule has 2 amide bonds. The molecule has 0 saturated heterocycles. The van der Waals surface area contributed by atoms with E-state index in [-0.39, 0.29) is 6.42 Å². The SMILES string of the molecule is O=C(CC(=O)Nc1ccc(Oc2ncnc3scc(Nc4n[nH]c(=S)s4)c23)cc1)Nc1ccc(Cl)cc1. The molecule has 0 unspecified atom stereocenters. The molecule has 0 aliphatic heterocycles. The fraction of sp³-hybridized carbons (Fsp3) is 0.0435. The van der Waals surface area contributed by atoms with Crippen LogP contribution in [0.15, 0.2) is 60.2 Å². The Balaban J connectivity index is 1.22. The minimum Gasteiger partial charge on any atom is -0.438 e. The molecule has 37 heavy (non-hydrogen) atoms. The van der Waals surface area contributed by atoms with E-state index >= 15 is 0 Å². The molecule has 0 spiro atoms. The summed E-state index contributed by atoms with van der Waals surface area (Å²) in [5.74, 6) is -0.0183. The summed E-state index contributed by atoms with van der Waals surface area (Å²) in [7, 11) is 0. The third kappa shape index (κ3) is 6.27. The molecular weight excluding hydrogens is 554 g/mol. The molecule has 10 nitrogen and oxygen atoms in total. The number of anilines is 4. The second-order valence-electron chi connectivity index (χ2n) is 7.46. The standard InChI is InChI=1S/C23H16ClN7O3S3/c24-12-1-3-13(4-2-12)27-17(32)9-18(33)28-14-5-7-15(8-6-14)34-20-19-16(10-36-21(19)26-11-25-20)29-22-30-31-23(35)37-22/h1-8,10-11H,9H2,(H,27,32)(H,28,33)(H,29,30)(H,31,35). The highest BCUT2D eigenvalue weighted by Gasteiger charge is 2.15. The number of benzene rings is 2. The molecule has 4 N–H and O–H groups in total. The van der Waals surface area contributed by atoms with Crippen molar-refractivity contribution in [3.63, 3.8) is 0 Å². The zero-order valence-electron chi connectivity index (χ0n) is 18.6. The van der Waals surface area contributed by atoms with Crippen LogP contribution in [0, 0.1) is 3.95 Å². The van der Waals surface area contributed by atoms with Gasteiger partial charge < -0.3 is 20.7 Å². The van der Waals surface area contributed by atoms with Gasteiger partial charge in [0.1, 0.15) is 23.3 Å². The Morgan fingerprint density at radius 1 is 1.00 bits per heavy atom. The van der Waals surface area contributed by atoms with Gasteiger partial charge in [-0.3, -0.25) is 14.7 Å². The molecule has 0 aliphatic carbocycles. The van der Waals surface area contributed by atoms with Gasteiger partial charge >= 0.3 is 0 Å². The highest BCUT2D eigenvalue weighted by atomic mass is 35.5. The summed E-state index contributed by atoms with van der Waals surface area (Å²) < 4.78 is 6.58. The Bertz CT molecular complexity index is 1630. The van der Waals surface area contributed by atoms with Crippen molar-refractivity contribution in [3.05, 3.63) is 69.2 Å². The first-order valence-electron chi connectivity index (χ1n) is 10.6. The van der Waals surface area contributed by atoms with Crippen LogP contribution in [-0.2, 0) is 9.59 Å². The number of halogens is 1. The van der Waals surface area contributed by atoms with Gasteiger partial charge in [-0.2, -0.15) is 0 Å². The Labute approximate surface area is 227 Å². The zero-order chi connectivity index (χ0) is 25.8. The lowest BCUT2D eigenvalue weighted by molar-refractivity contribution is -0.123. The van der Waals surface area contributed by atoms with Crippen LogP contribution in [0.2, 0.25) is 5.02 Å². The molecule has 3 aromatic heterocycles. The maximum atomic E-state index is 12.3. The molecule has 0 aliphatic rings. The molecule has 0 saturated carbocycles. The summed E-state index contributed by atoms with van der Waals surface area (Å²) in [5, 5.41) is 19.2. The van der Waals surface area contributed by atoms with Gasteiger partial charge in [-0.05, 0) is 60.7 Å². The molecule has 5 aromatic rings. The summed E-state index contributed by atoms with van der Waals surface area (Å²) in [6.45, 7) is 0. The lowest BCUT2D eigenvalue weighted by Crippen LogP contribution is -2.21. The molecule has 3 heterocycles. The smallest absolute Gasteiger partial charge is 0.233 e. The average molecular weight is 570 g/mol. The molecule has 5 rings (SSSR count). The van der Waals surface area contributed by atoms with Gasteiger partial charge in [0.05, 0.1) is 11.1 Å². The third-order valence-corrected chi connectivity index (χ3v) is 6.96. The predicted octanol–water partition coefficient (Wildman–Crippen LogP) is 6.36. The lowest BCUT2D eigenvalue weighted by atomic mass is 10.2. The Hall–Kier alpha value is -3.91. The van der Waals surface area contributed by atoms with Crippen LogP contribution >= 0.6 is 46.5 Å². The van der Waals surface area contributed by atoms with Gasteiger partial charge in [0.25, 0.3) is 0 Å². The first kappa shape index (κ1) is 24.8. The molecule has 0 radical (unpaired) electrons. The largest absolute Gasteiger partial charge is 0.438 e. The second kappa shape index (κ2) is 11.0. The van der Waals surface area contributed by atoms with Crippen molar-refractivity contribution in [3.8, 4) is 11.6 Å². The molecule has 14 heteroatoms.